The average Bonchev–Trinajstić information content (AvgIpc) is 2.76. The summed E-state index contributed by atoms with van der Waals surface area (Å²) in [4.78, 5) is 0. The van der Waals surface area contributed by atoms with Crippen LogP contribution < -0.4 is 0 Å². The largest absolute Gasteiger partial charge is 0.0922 e. The van der Waals surface area contributed by atoms with Crippen LogP contribution in [0.1, 0.15) is 30.0 Å². The molecule has 2 heteroatoms. The molecule has 0 saturated heterocycles. The summed E-state index contributed by atoms with van der Waals surface area (Å²) >= 11 is 7.24. The zero-order valence-electron chi connectivity index (χ0n) is 9.73. The molecule has 1 aromatic rings. The van der Waals surface area contributed by atoms with Gasteiger partial charge in [0.1, 0.15) is 0 Å². The van der Waals surface area contributed by atoms with Crippen molar-refractivity contribution in [3.63, 3.8) is 0 Å². The lowest BCUT2D eigenvalue weighted by molar-refractivity contribution is 0.438. The highest BCUT2D eigenvalue weighted by Crippen LogP contribution is 2.30. The van der Waals surface area contributed by atoms with Gasteiger partial charge in [-0.2, -0.15) is 0 Å². The van der Waals surface area contributed by atoms with Gasteiger partial charge >= 0.3 is 0 Å². The van der Waals surface area contributed by atoms with Crippen molar-refractivity contribution in [2.75, 3.05) is 10.7 Å². The molecule has 16 heavy (non-hydrogen) atoms. The van der Waals surface area contributed by atoms with Crippen LogP contribution in [0.25, 0.3) is 0 Å². The summed E-state index contributed by atoms with van der Waals surface area (Å²) in [6.07, 6.45) is 5.05. The lowest BCUT2D eigenvalue weighted by Gasteiger charge is -2.25. The van der Waals surface area contributed by atoms with Crippen LogP contribution >= 0.6 is 31.9 Å². The maximum atomic E-state index is 3.62. The molecule has 0 amide bonds. The van der Waals surface area contributed by atoms with Gasteiger partial charge in [-0.25, -0.2) is 0 Å². The smallest absolute Gasteiger partial charge is 0.00965 e. The van der Waals surface area contributed by atoms with Crippen molar-refractivity contribution in [1.29, 1.82) is 0 Å². The number of fused-ring (bicyclic) bond motifs is 1. The third-order valence-electron chi connectivity index (χ3n) is 3.44. The third-order valence-corrected chi connectivity index (χ3v) is 6.15. The first kappa shape index (κ1) is 12.6. The number of alkyl halides is 2. The number of halogens is 2. The van der Waals surface area contributed by atoms with Gasteiger partial charge in [0.15, 0.2) is 0 Å². The summed E-state index contributed by atoms with van der Waals surface area (Å²) in [6, 6.07) is 7.07. The molecule has 0 aliphatic heterocycles. The van der Waals surface area contributed by atoms with E-state index in [9.17, 15) is 0 Å². The molecule has 1 aliphatic rings. The maximum Gasteiger partial charge on any atom is 0.00965 e. The Morgan fingerprint density at radius 1 is 1.12 bits per heavy atom. The predicted molar refractivity (Wildman–Crippen MR) is 77.9 cm³/mol. The Morgan fingerprint density at radius 3 is 2.50 bits per heavy atom. The van der Waals surface area contributed by atoms with Crippen molar-refractivity contribution in [3.8, 4) is 0 Å². The molecule has 0 atom stereocenters. The summed E-state index contributed by atoms with van der Waals surface area (Å²) in [5.41, 5.74) is 4.97. The number of aryl methyl sites for hydroxylation is 2. The van der Waals surface area contributed by atoms with E-state index in [1.165, 1.54) is 24.8 Å². The fourth-order valence-corrected chi connectivity index (χ4v) is 3.68. The van der Waals surface area contributed by atoms with Crippen LogP contribution in [0.15, 0.2) is 18.2 Å². The lowest BCUT2D eigenvalue weighted by atomic mass is 9.87. The van der Waals surface area contributed by atoms with Gasteiger partial charge in [0.05, 0.1) is 0 Å². The standard InChI is InChI=1S/C14H18Br2/c1-14(9-15,10-16)8-11-5-6-12-3-2-4-13(12)7-11/h5-7H,2-4,8-10H2,1H3. The first-order valence-corrected chi connectivity index (χ1v) is 8.14. The van der Waals surface area contributed by atoms with Gasteiger partial charge in [0.2, 0.25) is 0 Å². The minimum atomic E-state index is 0.326. The van der Waals surface area contributed by atoms with E-state index in [0.29, 0.717) is 5.41 Å². The molecule has 0 N–H and O–H groups in total. The summed E-state index contributed by atoms with van der Waals surface area (Å²) in [5.74, 6) is 0. The molecule has 88 valence electrons. The van der Waals surface area contributed by atoms with E-state index >= 15 is 0 Å². The van der Waals surface area contributed by atoms with Crippen molar-refractivity contribution in [2.45, 2.75) is 32.6 Å². The molecule has 0 heterocycles. The Bertz CT molecular complexity index is 367. The fraction of sp³-hybridized carbons (Fsp3) is 0.571. The minimum Gasteiger partial charge on any atom is -0.0922 e. The van der Waals surface area contributed by atoms with Crippen LogP contribution in [-0.4, -0.2) is 10.7 Å². The number of hydrogen-bond donors (Lipinski definition) is 0. The van der Waals surface area contributed by atoms with E-state index in [4.69, 9.17) is 0 Å². The van der Waals surface area contributed by atoms with Crippen LogP contribution in [0.5, 0.6) is 0 Å². The third kappa shape index (κ3) is 2.70. The second-order valence-corrected chi connectivity index (χ2v) is 6.33. The van der Waals surface area contributed by atoms with Crippen LogP contribution in [-0.2, 0) is 19.3 Å². The number of hydrogen-bond acceptors (Lipinski definition) is 0. The highest BCUT2D eigenvalue weighted by atomic mass is 79.9. The van der Waals surface area contributed by atoms with Gasteiger partial charge in [-0.3, -0.25) is 0 Å². The first-order valence-electron chi connectivity index (χ1n) is 5.89. The van der Waals surface area contributed by atoms with Crippen molar-refractivity contribution < 1.29 is 0 Å². The normalized spacial score (nSPS) is 15.2. The monoisotopic (exact) mass is 344 g/mol. The highest BCUT2D eigenvalue weighted by molar-refractivity contribution is 9.09. The van der Waals surface area contributed by atoms with Gasteiger partial charge in [0, 0.05) is 10.7 Å². The molecule has 0 unspecified atom stereocenters. The minimum absolute atomic E-state index is 0.326. The molecule has 0 saturated carbocycles. The van der Waals surface area contributed by atoms with Crippen LogP contribution in [0.4, 0.5) is 0 Å². The van der Waals surface area contributed by atoms with Crippen molar-refractivity contribution in [1.82, 2.24) is 0 Å². The van der Waals surface area contributed by atoms with Gasteiger partial charge < -0.3 is 0 Å². The number of rotatable bonds is 4. The SMILES string of the molecule is CC(CBr)(CBr)Cc1ccc2c(c1)CCC2. The Hall–Kier alpha value is 0.180. The molecule has 0 bridgehead atoms. The molecular formula is C14H18Br2. The Kier molecular flexibility index (Phi) is 4.12. The van der Waals surface area contributed by atoms with Gasteiger partial charge in [-0.15, -0.1) is 0 Å². The molecule has 0 aromatic heterocycles. The summed E-state index contributed by atoms with van der Waals surface area (Å²) < 4.78 is 0. The van der Waals surface area contributed by atoms with E-state index in [2.05, 4.69) is 57.0 Å². The van der Waals surface area contributed by atoms with Crippen LogP contribution in [0.3, 0.4) is 0 Å². The molecule has 0 spiro atoms. The van der Waals surface area contributed by atoms with Gasteiger partial charge in [0.25, 0.3) is 0 Å². The topological polar surface area (TPSA) is 0 Å². The number of benzene rings is 1. The first-order chi connectivity index (χ1) is 7.67. The van der Waals surface area contributed by atoms with Crippen LogP contribution in [0.2, 0.25) is 0 Å². The van der Waals surface area contributed by atoms with Crippen molar-refractivity contribution in [3.05, 3.63) is 34.9 Å². The van der Waals surface area contributed by atoms with Crippen molar-refractivity contribution in [2.24, 2.45) is 5.41 Å². The summed E-state index contributed by atoms with van der Waals surface area (Å²) in [5, 5.41) is 2.09. The van der Waals surface area contributed by atoms with Gasteiger partial charge in [-0.1, -0.05) is 57.0 Å². The van der Waals surface area contributed by atoms with E-state index < -0.39 is 0 Å². The van der Waals surface area contributed by atoms with E-state index in [0.717, 1.165) is 17.1 Å². The van der Waals surface area contributed by atoms with E-state index in [-0.39, 0.29) is 0 Å². The van der Waals surface area contributed by atoms with Crippen LogP contribution in [0, 0.1) is 5.41 Å². The Balaban J connectivity index is 2.16. The maximum absolute atomic E-state index is 3.62. The predicted octanol–water partition coefficient (Wildman–Crippen LogP) is 4.51. The zero-order chi connectivity index (χ0) is 11.6. The van der Waals surface area contributed by atoms with Crippen molar-refractivity contribution >= 4 is 31.9 Å². The molecule has 0 fully saturated rings. The molecule has 2 rings (SSSR count). The second kappa shape index (κ2) is 5.22. The highest BCUT2D eigenvalue weighted by Gasteiger charge is 2.22. The van der Waals surface area contributed by atoms with E-state index in [1.54, 1.807) is 11.1 Å². The zero-order valence-corrected chi connectivity index (χ0v) is 12.9. The molecular weight excluding hydrogens is 328 g/mol. The molecule has 0 radical (unpaired) electrons. The summed E-state index contributed by atoms with van der Waals surface area (Å²) in [6.45, 7) is 2.32. The van der Waals surface area contributed by atoms with E-state index in [1.807, 2.05) is 0 Å². The Morgan fingerprint density at radius 2 is 1.81 bits per heavy atom. The summed E-state index contributed by atoms with van der Waals surface area (Å²) in [7, 11) is 0. The van der Waals surface area contributed by atoms with Gasteiger partial charge in [-0.05, 0) is 47.8 Å². The Labute approximate surface area is 115 Å². The molecule has 0 nitrogen and oxygen atoms in total. The molecule has 1 aliphatic carbocycles. The second-order valence-electron chi connectivity index (χ2n) is 5.21. The molecule has 1 aromatic carbocycles. The quantitative estimate of drug-likeness (QED) is 0.704. The average molecular weight is 346 g/mol. The lowest BCUT2D eigenvalue weighted by Crippen LogP contribution is -2.23. The fourth-order valence-electron chi connectivity index (χ4n) is 2.36.